The van der Waals surface area contributed by atoms with Gasteiger partial charge in [0.25, 0.3) is 0 Å². The van der Waals surface area contributed by atoms with Gasteiger partial charge >= 0.3 is 0 Å². The Morgan fingerprint density at radius 1 is 1.14 bits per heavy atom. The molecule has 0 aromatic heterocycles. The first-order valence-electron chi connectivity index (χ1n) is 7.51. The maximum absolute atomic E-state index is 12.7. The van der Waals surface area contributed by atoms with Crippen LogP contribution >= 0.6 is 0 Å². The van der Waals surface area contributed by atoms with Crippen LogP contribution in [0.25, 0.3) is 0 Å². The van der Waals surface area contributed by atoms with E-state index in [9.17, 15) is 4.79 Å². The quantitative estimate of drug-likeness (QED) is 0.680. The number of nitrogens with two attached hydrogens (primary N) is 1. The van der Waals surface area contributed by atoms with Crippen LogP contribution in [0.2, 0.25) is 0 Å². The summed E-state index contributed by atoms with van der Waals surface area (Å²) in [6, 6.07) is 12.7. The summed E-state index contributed by atoms with van der Waals surface area (Å²) < 4.78 is 5.69. The Hall–Kier alpha value is -2.29. The van der Waals surface area contributed by atoms with E-state index in [1.54, 1.807) is 18.2 Å². The zero-order valence-electron chi connectivity index (χ0n) is 13.6. The topological polar surface area (TPSA) is 52.3 Å². The summed E-state index contributed by atoms with van der Waals surface area (Å²) in [7, 11) is 0. The molecule has 0 aliphatic heterocycles. The molecule has 2 aromatic rings. The van der Waals surface area contributed by atoms with E-state index in [1.807, 2.05) is 31.2 Å². The van der Waals surface area contributed by atoms with Gasteiger partial charge in [0, 0.05) is 22.4 Å². The first-order chi connectivity index (χ1) is 10.3. The summed E-state index contributed by atoms with van der Waals surface area (Å²) in [5, 5.41) is 0. The largest absolute Gasteiger partial charge is 0.494 e. The van der Waals surface area contributed by atoms with Crippen molar-refractivity contribution in [1.82, 2.24) is 0 Å². The zero-order valence-corrected chi connectivity index (χ0v) is 13.6. The Morgan fingerprint density at radius 3 is 2.41 bits per heavy atom. The second-order valence-electron chi connectivity index (χ2n) is 6.31. The number of ether oxygens (including phenoxy) is 1. The molecular formula is C19H23NO2. The number of para-hydroxylation sites is 1. The van der Waals surface area contributed by atoms with Crippen LogP contribution in [0.4, 0.5) is 5.69 Å². The predicted molar refractivity (Wildman–Crippen MR) is 90.6 cm³/mol. The Labute approximate surface area is 132 Å². The summed E-state index contributed by atoms with van der Waals surface area (Å²) in [6.45, 7) is 8.88. The van der Waals surface area contributed by atoms with Crippen molar-refractivity contribution in [2.45, 2.75) is 33.1 Å². The molecule has 0 bridgehead atoms. The first kappa shape index (κ1) is 16.1. The van der Waals surface area contributed by atoms with Gasteiger partial charge in [-0.15, -0.1) is 0 Å². The minimum atomic E-state index is -0.108. The van der Waals surface area contributed by atoms with Crippen LogP contribution in [0, 0.1) is 0 Å². The molecule has 0 aliphatic rings. The number of rotatable bonds is 4. The number of ketones is 1. The number of anilines is 1. The fraction of sp³-hybridized carbons (Fsp3) is 0.316. The molecule has 116 valence electrons. The lowest BCUT2D eigenvalue weighted by molar-refractivity contribution is 0.103. The summed E-state index contributed by atoms with van der Waals surface area (Å²) >= 11 is 0. The van der Waals surface area contributed by atoms with Crippen LogP contribution in [-0.2, 0) is 5.41 Å². The molecule has 0 saturated carbocycles. The third kappa shape index (κ3) is 3.30. The summed E-state index contributed by atoms with van der Waals surface area (Å²) in [4.78, 5) is 12.7. The highest BCUT2D eigenvalue weighted by molar-refractivity contribution is 6.12. The molecule has 0 heterocycles. The molecule has 22 heavy (non-hydrogen) atoms. The fourth-order valence-corrected chi connectivity index (χ4v) is 2.40. The molecule has 2 aromatic carbocycles. The number of benzene rings is 2. The van der Waals surface area contributed by atoms with Gasteiger partial charge in [-0.1, -0.05) is 32.9 Å². The lowest BCUT2D eigenvalue weighted by Gasteiger charge is -2.23. The molecule has 0 amide bonds. The van der Waals surface area contributed by atoms with E-state index >= 15 is 0 Å². The van der Waals surface area contributed by atoms with E-state index in [2.05, 4.69) is 20.8 Å². The van der Waals surface area contributed by atoms with E-state index in [0.717, 1.165) is 11.3 Å². The zero-order chi connectivity index (χ0) is 16.3. The number of carbonyl (C=O) groups is 1. The Morgan fingerprint density at radius 2 is 1.82 bits per heavy atom. The van der Waals surface area contributed by atoms with Gasteiger partial charge in [0.05, 0.1) is 6.61 Å². The average Bonchev–Trinajstić information content (AvgIpc) is 2.46. The van der Waals surface area contributed by atoms with Gasteiger partial charge < -0.3 is 10.5 Å². The first-order valence-corrected chi connectivity index (χ1v) is 7.51. The van der Waals surface area contributed by atoms with Crippen molar-refractivity contribution in [2.24, 2.45) is 0 Å². The van der Waals surface area contributed by atoms with Crippen LogP contribution in [0.3, 0.4) is 0 Å². The van der Waals surface area contributed by atoms with E-state index < -0.39 is 0 Å². The van der Waals surface area contributed by atoms with Crippen LogP contribution < -0.4 is 10.5 Å². The number of carbonyl (C=O) groups excluding carboxylic acids is 1. The van der Waals surface area contributed by atoms with E-state index in [0.29, 0.717) is 23.4 Å². The van der Waals surface area contributed by atoms with E-state index in [4.69, 9.17) is 10.5 Å². The highest BCUT2D eigenvalue weighted by atomic mass is 16.5. The van der Waals surface area contributed by atoms with Gasteiger partial charge in [0.1, 0.15) is 5.75 Å². The maximum atomic E-state index is 12.7. The van der Waals surface area contributed by atoms with Crippen molar-refractivity contribution in [2.75, 3.05) is 12.3 Å². The average molecular weight is 297 g/mol. The highest BCUT2D eigenvalue weighted by Crippen LogP contribution is 2.33. The van der Waals surface area contributed by atoms with Crippen molar-refractivity contribution in [3.8, 4) is 5.75 Å². The molecule has 3 nitrogen and oxygen atoms in total. The molecular weight excluding hydrogens is 274 g/mol. The Bertz CT molecular complexity index is 684. The van der Waals surface area contributed by atoms with Crippen LogP contribution in [0.5, 0.6) is 5.75 Å². The minimum absolute atomic E-state index is 0.0633. The van der Waals surface area contributed by atoms with Crippen molar-refractivity contribution in [3.63, 3.8) is 0 Å². The second-order valence-corrected chi connectivity index (χ2v) is 6.31. The smallest absolute Gasteiger partial charge is 0.195 e. The van der Waals surface area contributed by atoms with Gasteiger partial charge in [-0.05, 0) is 42.7 Å². The number of hydrogen-bond donors (Lipinski definition) is 1. The van der Waals surface area contributed by atoms with Gasteiger partial charge in [-0.2, -0.15) is 0 Å². The third-order valence-corrected chi connectivity index (χ3v) is 3.56. The van der Waals surface area contributed by atoms with Crippen molar-refractivity contribution in [3.05, 3.63) is 59.2 Å². The van der Waals surface area contributed by atoms with Crippen molar-refractivity contribution >= 4 is 11.5 Å². The summed E-state index contributed by atoms with van der Waals surface area (Å²) in [5.74, 6) is 0.763. The monoisotopic (exact) mass is 297 g/mol. The predicted octanol–water partition coefficient (Wildman–Crippen LogP) is 4.20. The van der Waals surface area contributed by atoms with Gasteiger partial charge in [-0.3, -0.25) is 4.79 Å². The van der Waals surface area contributed by atoms with Gasteiger partial charge in [0.15, 0.2) is 5.78 Å². The molecule has 0 fully saturated rings. The molecule has 2 N–H and O–H groups in total. The Balaban J connectivity index is 2.49. The van der Waals surface area contributed by atoms with Crippen molar-refractivity contribution < 1.29 is 9.53 Å². The van der Waals surface area contributed by atoms with Crippen LogP contribution in [0.1, 0.15) is 49.2 Å². The lowest BCUT2D eigenvalue weighted by Crippen LogP contribution is -2.15. The van der Waals surface area contributed by atoms with Gasteiger partial charge in [-0.25, -0.2) is 0 Å². The molecule has 3 heteroatoms. The number of nitrogen functional groups attached to an aromatic ring is 1. The fourth-order valence-electron chi connectivity index (χ4n) is 2.40. The molecule has 0 unspecified atom stereocenters. The summed E-state index contributed by atoms with van der Waals surface area (Å²) in [5.41, 5.74) is 8.49. The maximum Gasteiger partial charge on any atom is 0.195 e. The minimum Gasteiger partial charge on any atom is -0.494 e. The Kier molecular flexibility index (Phi) is 4.55. The lowest BCUT2D eigenvalue weighted by atomic mass is 9.84. The molecule has 0 radical (unpaired) electrons. The van der Waals surface area contributed by atoms with E-state index in [-0.39, 0.29) is 11.2 Å². The van der Waals surface area contributed by atoms with Crippen LogP contribution in [0.15, 0.2) is 42.5 Å². The molecule has 2 rings (SSSR count). The standard InChI is InChI=1S/C19H23NO2/c1-5-22-17-11-10-13(12-15(17)19(2,3)4)18(21)14-8-6-7-9-16(14)20/h6-12H,5,20H2,1-4H3. The van der Waals surface area contributed by atoms with Gasteiger partial charge in [0.2, 0.25) is 0 Å². The highest BCUT2D eigenvalue weighted by Gasteiger charge is 2.22. The molecule has 0 spiro atoms. The second kappa shape index (κ2) is 6.22. The molecule has 0 atom stereocenters. The van der Waals surface area contributed by atoms with E-state index in [1.165, 1.54) is 0 Å². The SMILES string of the molecule is CCOc1ccc(C(=O)c2ccccc2N)cc1C(C)(C)C. The third-order valence-electron chi connectivity index (χ3n) is 3.56. The number of hydrogen-bond acceptors (Lipinski definition) is 3. The van der Waals surface area contributed by atoms with Crippen LogP contribution in [-0.4, -0.2) is 12.4 Å². The summed E-state index contributed by atoms with van der Waals surface area (Å²) in [6.07, 6.45) is 0. The molecule has 0 saturated heterocycles. The molecule has 0 aliphatic carbocycles. The normalized spacial score (nSPS) is 11.3. The van der Waals surface area contributed by atoms with Crippen molar-refractivity contribution in [1.29, 1.82) is 0 Å².